The molecule has 1 saturated heterocycles. The Balaban J connectivity index is 1.99. The highest BCUT2D eigenvalue weighted by atomic mass is 32.1. The highest BCUT2D eigenvalue weighted by molar-refractivity contribution is 7.80. The van der Waals surface area contributed by atoms with Gasteiger partial charge in [0.15, 0.2) is 5.11 Å². The van der Waals surface area contributed by atoms with E-state index in [1.165, 1.54) is 5.56 Å². The van der Waals surface area contributed by atoms with Crippen LogP contribution < -0.4 is 5.32 Å². The van der Waals surface area contributed by atoms with Crippen molar-refractivity contribution in [2.75, 3.05) is 18.4 Å². The SMILES string of the molecule is Cc1cccc(NC(=S)N2C[C@@H](C)O[C@H](C)C2)c1. The van der Waals surface area contributed by atoms with E-state index in [0.29, 0.717) is 0 Å². The number of ether oxygens (including phenoxy) is 1. The Kier molecular flexibility index (Phi) is 4.19. The minimum Gasteiger partial charge on any atom is -0.372 e. The lowest BCUT2D eigenvalue weighted by Gasteiger charge is -2.36. The fourth-order valence-electron chi connectivity index (χ4n) is 2.27. The molecule has 98 valence electrons. The van der Waals surface area contributed by atoms with Crippen molar-refractivity contribution in [3.8, 4) is 0 Å². The lowest BCUT2D eigenvalue weighted by molar-refractivity contribution is -0.0473. The van der Waals surface area contributed by atoms with E-state index >= 15 is 0 Å². The fraction of sp³-hybridized carbons (Fsp3) is 0.500. The quantitative estimate of drug-likeness (QED) is 0.788. The van der Waals surface area contributed by atoms with Crippen LogP contribution in [0, 0.1) is 6.92 Å². The molecule has 0 unspecified atom stereocenters. The zero-order valence-corrected chi connectivity index (χ0v) is 12.0. The number of morpholine rings is 1. The first kappa shape index (κ1) is 13.3. The van der Waals surface area contributed by atoms with Crippen LogP contribution in [0.3, 0.4) is 0 Å². The summed E-state index contributed by atoms with van der Waals surface area (Å²) in [5.74, 6) is 0. The second-order valence-corrected chi connectivity index (χ2v) is 5.35. The van der Waals surface area contributed by atoms with Crippen molar-refractivity contribution < 1.29 is 4.74 Å². The molecule has 3 nitrogen and oxygen atoms in total. The van der Waals surface area contributed by atoms with Gasteiger partial charge in [0, 0.05) is 18.8 Å². The highest BCUT2D eigenvalue weighted by Crippen LogP contribution is 2.14. The van der Waals surface area contributed by atoms with E-state index in [4.69, 9.17) is 17.0 Å². The monoisotopic (exact) mass is 264 g/mol. The number of hydrogen-bond acceptors (Lipinski definition) is 2. The lowest BCUT2D eigenvalue weighted by atomic mass is 10.2. The summed E-state index contributed by atoms with van der Waals surface area (Å²) in [6.07, 6.45) is 0.456. The van der Waals surface area contributed by atoms with Gasteiger partial charge in [-0.3, -0.25) is 0 Å². The summed E-state index contributed by atoms with van der Waals surface area (Å²) >= 11 is 5.46. The summed E-state index contributed by atoms with van der Waals surface area (Å²) in [6, 6.07) is 8.24. The number of thiocarbonyl (C=S) groups is 1. The van der Waals surface area contributed by atoms with Gasteiger partial charge in [0.05, 0.1) is 12.2 Å². The molecule has 0 spiro atoms. The molecule has 1 aliphatic heterocycles. The highest BCUT2D eigenvalue weighted by Gasteiger charge is 2.23. The Labute approximate surface area is 114 Å². The van der Waals surface area contributed by atoms with Gasteiger partial charge in [0.1, 0.15) is 0 Å². The number of nitrogens with one attached hydrogen (secondary N) is 1. The molecule has 1 aliphatic rings. The maximum Gasteiger partial charge on any atom is 0.173 e. The molecular weight excluding hydrogens is 244 g/mol. The molecular formula is C14H20N2OS. The number of benzene rings is 1. The van der Waals surface area contributed by atoms with Crippen LogP contribution >= 0.6 is 12.2 Å². The van der Waals surface area contributed by atoms with Gasteiger partial charge < -0.3 is 15.0 Å². The number of rotatable bonds is 1. The summed E-state index contributed by atoms with van der Waals surface area (Å²) in [4.78, 5) is 2.18. The average Bonchev–Trinajstić information content (AvgIpc) is 2.27. The van der Waals surface area contributed by atoms with Crippen LogP contribution in [0.25, 0.3) is 0 Å². The molecule has 0 amide bonds. The van der Waals surface area contributed by atoms with Crippen molar-refractivity contribution in [1.82, 2.24) is 4.90 Å². The average molecular weight is 264 g/mol. The molecule has 1 aromatic rings. The van der Waals surface area contributed by atoms with Crippen molar-refractivity contribution in [3.05, 3.63) is 29.8 Å². The maximum atomic E-state index is 5.71. The second kappa shape index (κ2) is 5.67. The minimum atomic E-state index is 0.228. The van der Waals surface area contributed by atoms with E-state index in [1.54, 1.807) is 0 Å². The molecule has 0 bridgehead atoms. The zero-order valence-electron chi connectivity index (χ0n) is 11.1. The van der Waals surface area contributed by atoms with Crippen LogP contribution in [0.15, 0.2) is 24.3 Å². The van der Waals surface area contributed by atoms with Gasteiger partial charge in [-0.1, -0.05) is 12.1 Å². The van der Waals surface area contributed by atoms with Gasteiger partial charge in [0.25, 0.3) is 0 Å². The first-order valence-electron chi connectivity index (χ1n) is 6.32. The Hall–Kier alpha value is -1.13. The molecule has 1 N–H and O–H groups in total. The summed E-state index contributed by atoms with van der Waals surface area (Å²) < 4.78 is 5.71. The van der Waals surface area contributed by atoms with E-state index in [0.717, 1.165) is 23.9 Å². The molecule has 2 rings (SSSR count). The van der Waals surface area contributed by atoms with Crippen LogP contribution in [0.5, 0.6) is 0 Å². The molecule has 1 aromatic carbocycles. The largest absolute Gasteiger partial charge is 0.372 e. The van der Waals surface area contributed by atoms with Crippen LogP contribution in [0.2, 0.25) is 0 Å². The van der Waals surface area contributed by atoms with E-state index in [2.05, 4.69) is 43.1 Å². The normalized spacial score (nSPS) is 23.8. The molecule has 0 saturated carbocycles. The molecule has 4 heteroatoms. The zero-order chi connectivity index (χ0) is 13.1. The predicted molar refractivity (Wildman–Crippen MR) is 79.0 cm³/mol. The van der Waals surface area contributed by atoms with Gasteiger partial charge in [0.2, 0.25) is 0 Å². The Morgan fingerprint density at radius 3 is 2.61 bits per heavy atom. The van der Waals surface area contributed by atoms with E-state index in [9.17, 15) is 0 Å². The summed E-state index contributed by atoms with van der Waals surface area (Å²) in [7, 11) is 0. The van der Waals surface area contributed by atoms with Crippen molar-refractivity contribution in [3.63, 3.8) is 0 Å². The van der Waals surface area contributed by atoms with Crippen LogP contribution in [0.4, 0.5) is 5.69 Å². The first-order chi connectivity index (χ1) is 8.54. The van der Waals surface area contributed by atoms with Crippen molar-refractivity contribution >= 4 is 23.0 Å². The number of aryl methyl sites for hydroxylation is 1. The van der Waals surface area contributed by atoms with Crippen LogP contribution in [-0.4, -0.2) is 35.3 Å². The summed E-state index contributed by atoms with van der Waals surface area (Å²) in [5, 5.41) is 4.08. The van der Waals surface area contributed by atoms with Crippen molar-refractivity contribution in [1.29, 1.82) is 0 Å². The third kappa shape index (κ3) is 3.43. The minimum absolute atomic E-state index is 0.228. The van der Waals surface area contributed by atoms with Crippen molar-refractivity contribution in [2.24, 2.45) is 0 Å². The van der Waals surface area contributed by atoms with Crippen LogP contribution in [0.1, 0.15) is 19.4 Å². The van der Waals surface area contributed by atoms with Gasteiger partial charge in [-0.2, -0.15) is 0 Å². The number of anilines is 1. The predicted octanol–water partition coefficient (Wildman–Crippen LogP) is 2.80. The third-order valence-corrected chi connectivity index (χ3v) is 3.34. The smallest absolute Gasteiger partial charge is 0.173 e. The van der Waals surface area contributed by atoms with Gasteiger partial charge in [-0.25, -0.2) is 0 Å². The molecule has 1 fully saturated rings. The van der Waals surface area contributed by atoms with E-state index < -0.39 is 0 Å². The molecule has 18 heavy (non-hydrogen) atoms. The molecule has 0 radical (unpaired) electrons. The first-order valence-corrected chi connectivity index (χ1v) is 6.73. The molecule has 2 atom stereocenters. The Morgan fingerprint density at radius 1 is 1.33 bits per heavy atom. The molecule has 0 aliphatic carbocycles. The third-order valence-electron chi connectivity index (χ3n) is 2.98. The lowest BCUT2D eigenvalue weighted by Crippen LogP contribution is -2.49. The maximum absolute atomic E-state index is 5.71. The van der Waals surface area contributed by atoms with E-state index in [-0.39, 0.29) is 12.2 Å². The summed E-state index contributed by atoms with van der Waals surface area (Å²) in [6.45, 7) is 7.94. The van der Waals surface area contributed by atoms with Crippen LogP contribution in [-0.2, 0) is 4.74 Å². The van der Waals surface area contributed by atoms with Gasteiger partial charge in [-0.15, -0.1) is 0 Å². The Morgan fingerprint density at radius 2 is 2.00 bits per heavy atom. The summed E-state index contributed by atoms with van der Waals surface area (Å²) in [5.41, 5.74) is 2.28. The molecule has 0 aromatic heterocycles. The van der Waals surface area contributed by atoms with Crippen molar-refractivity contribution in [2.45, 2.75) is 33.0 Å². The second-order valence-electron chi connectivity index (χ2n) is 4.96. The number of hydrogen-bond donors (Lipinski definition) is 1. The van der Waals surface area contributed by atoms with E-state index in [1.807, 2.05) is 12.1 Å². The van der Waals surface area contributed by atoms with Gasteiger partial charge in [-0.05, 0) is 50.7 Å². The topological polar surface area (TPSA) is 24.5 Å². The fourth-order valence-corrected chi connectivity index (χ4v) is 2.54. The standard InChI is InChI=1S/C14H20N2OS/c1-10-5-4-6-13(7-10)15-14(18)16-8-11(2)17-12(3)9-16/h4-7,11-12H,8-9H2,1-3H3,(H,15,18)/t11-,12-/m1/s1. The number of nitrogens with zero attached hydrogens (tertiary/aromatic N) is 1. The van der Waals surface area contributed by atoms with Gasteiger partial charge >= 0.3 is 0 Å². The Bertz CT molecular complexity index is 426. The molecule has 1 heterocycles.